The Morgan fingerprint density at radius 2 is 2.05 bits per heavy atom. The topological polar surface area (TPSA) is 74.2 Å². The molecular weight excluding hydrogens is 296 g/mol. The van der Waals surface area contributed by atoms with Gasteiger partial charge in [-0.15, -0.1) is 11.8 Å². The molecule has 1 aromatic carbocycles. The highest BCUT2D eigenvalue weighted by Gasteiger charge is 2.18. The monoisotopic (exact) mass is 310 g/mol. The maximum absolute atomic E-state index is 10.4. The minimum absolute atomic E-state index is 0.0398. The lowest BCUT2D eigenvalue weighted by molar-refractivity contribution is 0.430. The van der Waals surface area contributed by atoms with Crippen molar-refractivity contribution in [2.45, 2.75) is 18.2 Å². The number of benzene rings is 1. The summed E-state index contributed by atoms with van der Waals surface area (Å²) < 4.78 is 1.32. The Kier molecular flexibility index (Phi) is 3.73. The van der Waals surface area contributed by atoms with Gasteiger partial charge in [0.25, 0.3) is 0 Å². The Bertz CT molecular complexity index is 878. The number of fused-ring (bicyclic) bond motifs is 1. The van der Waals surface area contributed by atoms with E-state index in [1.54, 1.807) is 11.8 Å². The summed E-state index contributed by atoms with van der Waals surface area (Å²) in [4.78, 5) is 5.24. The van der Waals surface area contributed by atoms with E-state index < -0.39 is 0 Å². The fraction of sp³-hybridized carbons (Fsp3) is 0.188. The summed E-state index contributed by atoms with van der Waals surface area (Å²) in [5.41, 5.74) is 3.35. The van der Waals surface area contributed by atoms with Gasteiger partial charge < -0.3 is 5.11 Å². The van der Waals surface area contributed by atoms with E-state index in [1.807, 2.05) is 37.4 Å². The van der Waals surface area contributed by atoms with Gasteiger partial charge in [-0.3, -0.25) is 0 Å². The van der Waals surface area contributed by atoms with Crippen molar-refractivity contribution in [3.63, 3.8) is 0 Å². The molecule has 0 aliphatic carbocycles. The van der Waals surface area contributed by atoms with Gasteiger partial charge in [0.15, 0.2) is 5.65 Å². The number of pyridine rings is 1. The minimum atomic E-state index is 0.0398. The number of nitriles is 1. The third kappa shape index (κ3) is 2.30. The number of aromatic hydroxyl groups is 1. The molecule has 0 aliphatic heterocycles. The largest absolute Gasteiger partial charge is 0.493 e. The van der Waals surface area contributed by atoms with Gasteiger partial charge in [-0.25, -0.2) is 4.98 Å². The van der Waals surface area contributed by atoms with Crippen LogP contribution in [0.5, 0.6) is 5.88 Å². The molecule has 2 heterocycles. The molecule has 3 rings (SSSR count). The highest BCUT2D eigenvalue weighted by molar-refractivity contribution is 7.98. The van der Waals surface area contributed by atoms with Crippen LogP contribution in [0, 0.1) is 18.3 Å². The Labute approximate surface area is 132 Å². The molecule has 110 valence electrons. The molecule has 1 N–H and O–H groups in total. The molecule has 5 nitrogen and oxygen atoms in total. The van der Waals surface area contributed by atoms with Crippen LogP contribution < -0.4 is 0 Å². The molecule has 3 aromatic rings. The molecule has 0 saturated carbocycles. The van der Waals surface area contributed by atoms with Gasteiger partial charge in [-0.1, -0.05) is 12.1 Å². The number of hydrogen-bond donors (Lipinski definition) is 1. The average molecular weight is 310 g/mol. The average Bonchev–Trinajstić information content (AvgIpc) is 3.02. The van der Waals surface area contributed by atoms with Crippen LogP contribution in [0.25, 0.3) is 5.65 Å². The fourth-order valence-corrected chi connectivity index (χ4v) is 2.88. The van der Waals surface area contributed by atoms with Crippen molar-refractivity contribution in [3.8, 4) is 11.9 Å². The highest BCUT2D eigenvalue weighted by Crippen LogP contribution is 2.29. The Morgan fingerprint density at radius 3 is 2.68 bits per heavy atom. The first-order valence-electron chi connectivity index (χ1n) is 6.73. The summed E-state index contributed by atoms with van der Waals surface area (Å²) >= 11 is 1.68. The van der Waals surface area contributed by atoms with Gasteiger partial charge in [0, 0.05) is 16.9 Å². The molecule has 6 heteroatoms. The molecule has 0 aliphatic rings. The van der Waals surface area contributed by atoms with Crippen LogP contribution >= 0.6 is 11.8 Å². The Balaban J connectivity index is 2.11. The lowest BCUT2D eigenvalue weighted by Gasteiger charge is -2.12. The van der Waals surface area contributed by atoms with Crippen LogP contribution in [0.3, 0.4) is 0 Å². The van der Waals surface area contributed by atoms with E-state index in [2.05, 4.69) is 16.2 Å². The van der Waals surface area contributed by atoms with Crippen molar-refractivity contribution in [2.75, 3.05) is 6.26 Å². The van der Waals surface area contributed by atoms with Crippen LogP contribution in [0.2, 0.25) is 0 Å². The second-order valence-corrected chi connectivity index (χ2v) is 5.81. The van der Waals surface area contributed by atoms with E-state index in [0.717, 1.165) is 11.1 Å². The van der Waals surface area contributed by atoms with Gasteiger partial charge in [0.1, 0.15) is 18.0 Å². The number of hydrogen-bond acceptors (Lipinski definition) is 5. The predicted molar refractivity (Wildman–Crippen MR) is 85.1 cm³/mol. The molecule has 0 fully saturated rings. The predicted octanol–water partition coefficient (Wildman–Crippen LogP) is 2.93. The number of nitrogens with zero attached hydrogens (tertiary/aromatic N) is 4. The zero-order valence-corrected chi connectivity index (χ0v) is 13.1. The standard InChI is InChI=1S/C16H14N4OS/c1-10-13(7-11-3-5-12(22-2)6-4-11)16(21)20-15(14(10)8-17)18-9-19-20/h3-6,9,21H,7H2,1-2H3. The fourth-order valence-electron chi connectivity index (χ4n) is 2.47. The van der Waals surface area contributed by atoms with Crippen molar-refractivity contribution in [3.05, 3.63) is 52.8 Å². The minimum Gasteiger partial charge on any atom is -0.493 e. The zero-order chi connectivity index (χ0) is 15.7. The highest BCUT2D eigenvalue weighted by atomic mass is 32.2. The van der Waals surface area contributed by atoms with Crippen molar-refractivity contribution in [1.29, 1.82) is 5.26 Å². The van der Waals surface area contributed by atoms with Gasteiger partial charge in [0.2, 0.25) is 5.88 Å². The summed E-state index contributed by atoms with van der Waals surface area (Å²) in [5, 5.41) is 23.8. The molecule has 0 unspecified atom stereocenters. The normalized spacial score (nSPS) is 10.8. The van der Waals surface area contributed by atoms with E-state index in [1.165, 1.54) is 15.7 Å². The van der Waals surface area contributed by atoms with Crippen molar-refractivity contribution in [2.24, 2.45) is 0 Å². The lowest BCUT2D eigenvalue weighted by Crippen LogP contribution is -2.03. The van der Waals surface area contributed by atoms with Crippen LogP contribution in [0.4, 0.5) is 0 Å². The summed E-state index contributed by atoms with van der Waals surface area (Å²) in [6, 6.07) is 10.3. The smallest absolute Gasteiger partial charge is 0.217 e. The Hall–Kier alpha value is -2.52. The van der Waals surface area contributed by atoms with Gasteiger partial charge >= 0.3 is 0 Å². The van der Waals surface area contributed by atoms with Crippen molar-refractivity contribution >= 4 is 17.4 Å². The maximum Gasteiger partial charge on any atom is 0.217 e. The van der Waals surface area contributed by atoms with Crippen LogP contribution in [0.15, 0.2) is 35.5 Å². The summed E-state index contributed by atoms with van der Waals surface area (Å²) in [6.45, 7) is 1.83. The third-order valence-electron chi connectivity index (χ3n) is 3.72. The van der Waals surface area contributed by atoms with Gasteiger partial charge in [-0.2, -0.15) is 14.9 Å². The van der Waals surface area contributed by atoms with E-state index >= 15 is 0 Å². The number of thioether (sulfide) groups is 1. The molecule has 0 saturated heterocycles. The third-order valence-corrected chi connectivity index (χ3v) is 4.46. The van der Waals surface area contributed by atoms with E-state index in [0.29, 0.717) is 23.2 Å². The first kappa shape index (κ1) is 14.4. The molecular formula is C16H14N4OS. The van der Waals surface area contributed by atoms with E-state index in [9.17, 15) is 10.4 Å². The molecule has 0 radical (unpaired) electrons. The van der Waals surface area contributed by atoms with Crippen LogP contribution in [0.1, 0.15) is 22.3 Å². The lowest BCUT2D eigenvalue weighted by atomic mass is 9.99. The molecule has 0 amide bonds. The quantitative estimate of drug-likeness (QED) is 0.753. The molecule has 0 atom stereocenters. The number of rotatable bonds is 3. The molecule has 0 bridgehead atoms. The van der Waals surface area contributed by atoms with E-state index in [4.69, 9.17) is 0 Å². The summed E-state index contributed by atoms with van der Waals surface area (Å²) in [5.74, 6) is 0.0398. The maximum atomic E-state index is 10.4. The van der Waals surface area contributed by atoms with Crippen LogP contribution in [-0.4, -0.2) is 26.0 Å². The van der Waals surface area contributed by atoms with Crippen molar-refractivity contribution in [1.82, 2.24) is 14.6 Å². The first-order chi connectivity index (χ1) is 10.7. The summed E-state index contributed by atoms with van der Waals surface area (Å²) in [6.07, 6.45) is 3.91. The van der Waals surface area contributed by atoms with Crippen molar-refractivity contribution < 1.29 is 5.11 Å². The second kappa shape index (κ2) is 5.70. The Morgan fingerprint density at radius 1 is 1.32 bits per heavy atom. The second-order valence-electron chi connectivity index (χ2n) is 4.93. The molecule has 2 aromatic heterocycles. The molecule has 0 spiro atoms. The van der Waals surface area contributed by atoms with E-state index in [-0.39, 0.29) is 5.88 Å². The SMILES string of the molecule is CSc1ccc(Cc2c(C)c(C#N)c3ncnn3c2O)cc1. The number of aromatic nitrogens is 3. The zero-order valence-electron chi connectivity index (χ0n) is 12.2. The molecule has 22 heavy (non-hydrogen) atoms. The van der Waals surface area contributed by atoms with Crippen LogP contribution in [-0.2, 0) is 6.42 Å². The van der Waals surface area contributed by atoms with Gasteiger partial charge in [0.05, 0.1) is 0 Å². The first-order valence-corrected chi connectivity index (χ1v) is 7.95. The summed E-state index contributed by atoms with van der Waals surface area (Å²) in [7, 11) is 0. The van der Waals surface area contributed by atoms with Gasteiger partial charge in [-0.05, 0) is 36.4 Å².